The van der Waals surface area contributed by atoms with Crippen LogP contribution < -0.4 is 10.0 Å². The first-order chi connectivity index (χ1) is 9.44. The van der Waals surface area contributed by atoms with Crippen LogP contribution in [0.1, 0.15) is 19.8 Å². The van der Waals surface area contributed by atoms with Crippen molar-refractivity contribution in [1.29, 1.82) is 0 Å². The Morgan fingerprint density at radius 3 is 2.75 bits per heavy atom. The third-order valence-corrected chi connectivity index (χ3v) is 4.64. The quantitative estimate of drug-likeness (QED) is 0.736. The van der Waals surface area contributed by atoms with Crippen LogP contribution in [0.5, 0.6) is 0 Å². The molecule has 0 aliphatic rings. The van der Waals surface area contributed by atoms with Gasteiger partial charge in [-0.15, -0.1) is 0 Å². The minimum atomic E-state index is -3.65. The Labute approximate surface area is 128 Å². The number of rotatable bonds is 8. The van der Waals surface area contributed by atoms with Crippen LogP contribution in [0.15, 0.2) is 21.6 Å². The third kappa shape index (κ3) is 4.69. The summed E-state index contributed by atoms with van der Waals surface area (Å²) in [6.07, 6.45) is 3.12. The molecule has 0 amide bonds. The average molecular weight is 366 g/mol. The molecular weight excluding hydrogens is 346 g/mol. The van der Waals surface area contributed by atoms with Gasteiger partial charge in [0.1, 0.15) is 10.7 Å². The predicted molar refractivity (Wildman–Crippen MR) is 82.4 cm³/mol. The molecule has 114 valence electrons. The maximum atomic E-state index is 12.5. The Bertz CT molecular complexity index is 531. The molecule has 0 aliphatic heterocycles. The molecule has 1 heterocycles. The van der Waals surface area contributed by atoms with Crippen molar-refractivity contribution in [2.45, 2.75) is 30.7 Å². The second-order valence-electron chi connectivity index (χ2n) is 4.31. The van der Waals surface area contributed by atoms with Gasteiger partial charge in [0, 0.05) is 30.9 Å². The van der Waals surface area contributed by atoms with Crippen molar-refractivity contribution in [2.75, 3.05) is 26.1 Å². The minimum absolute atomic E-state index is 0.117. The van der Waals surface area contributed by atoms with Gasteiger partial charge in [-0.2, -0.15) is 0 Å². The van der Waals surface area contributed by atoms with Crippen molar-refractivity contribution >= 4 is 31.8 Å². The SMILES string of the molecule is CCCC(COC)NS(=O)(=O)c1cc(Br)cnc1NC. The minimum Gasteiger partial charge on any atom is -0.383 e. The lowest BCUT2D eigenvalue weighted by Gasteiger charge is -2.18. The topological polar surface area (TPSA) is 80.3 Å². The number of sulfonamides is 1. The predicted octanol–water partition coefficient (Wildman–Crippen LogP) is 1.98. The van der Waals surface area contributed by atoms with Gasteiger partial charge in [-0.25, -0.2) is 18.1 Å². The van der Waals surface area contributed by atoms with E-state index in [0.717, 1.165) is 6.42 Å². The first-order valence-corrected chi connectivity index (χ1v) is 8.56. The Hall–Kier alpha value is -0.700. The van der Waals surface area contributed by atoms with Crippen LogP contribution in [-0.2, 0) is 14.8 Å². The van der Waals surface area contributed by atoms with Gasteiger partial charge in [0.25, 0.3) is 0 Å². The van der Waals surface area contributed by atoms with Crippen LogP contribution in [-0.4, -0.2) is 40.2 Å². The number of ether oxygens (including phenoxy) is 1. The van der Waals surface area contributed by atoms with Crippen LogP contribution >= 0.6 is 15.9 Å². The molecule has 2 N–H and O–H groups in total. The molecular formula is C12H20BrN3O3S. The van der Waals surface area contributed by atoms with Gasteiger partial charge >= 0.3 is 0 Å². The smallest absolute Gasteiger partial charge is 0.244 e. The first kappa shape index (κ1) is 17.4. The zero-order valence-corrected chi connectivity index (χ0v) is 14.2. The summed E-state index contributed by atoms with van der Waals surface area (Å²) >= 11 is 3.24. The molecule has 0 aromatic carbocycles. The molecule has 0 saturated heterocycles. The Morgan fingerprint density at radius 2 is 2.20 bits per heavy atom. The van der Waals surface area contributed by atoms with Crippen LogP contribution in [0.3, 0.4) is 0 Å². The highest BCUT2D eigenvalue weighted by Gasteiger charge is 2.23. The fraction of sp³-hybridized carbons (Fsp3) is 0.583. The Morgan fingerprint density at radius 1 is 1.50 bits per heavy atom. The number of anilines is 1. The summed E-state index contributed by atoms with van der Waals surface area (Å²) in [6.45, 7) is 2.33. The molecule has 0 bridgehead atoms. The second-order valence-corrected chi connectivity index (χ2v) is 6.91. The molecule has 6 nitrogen and oxygen atoms in total. The highest BCUT2D eigenvalue weighted by atomic mass is 79.9. The normalized spacial score (nSPS) is 13.2. The largest absolute Gasteiger partial charge is 0.383 e. The molecule has 1 aromatic heterocycles. The van der Waals surface area contributed by atoms with Crippen molar-refractivity contribution in [1.82, 2.24) is 9.71 Å². The number of nitrogens with one attached hydrogen (secondary N) is 2. The van der Waals surface area contributed by atoms with Gasteiger partial charge in [0.15, 0.2) is 0 Å². The lowest BCUT2D eigenvalue weighted by Crippen LogP contribution is -2.38. The fourth-order valence-corrected chi connectivity index (χ4v) is 3.75. The highest BCUT2D eigenvalue weighted by molar-refractivity contribution is 9.10. The maximum absolute atomic E-state index is 12.5. The molecule has 1 rings (SSSR count). The van der Waals surface area contributed by atoms with E-state index in [2.05, 4.69) is 31.0 Å². The summed E-state index contributed by atoms with van der Waals surface area (Å²) in [5.74, 6) is 0.313. The van der Waals surface area contributed by atoms with Gasteiger partial charge in [0.2, 0.25) is 10.0 Å². The molecule has 0 fully saturated rings. The van der Waals surface area contributed by atoms with E-state index in [1.165, 1.54) is 6.07 Å². The third-order valence-electron chi connectivity index (χ3n) is 2.67. The van der Waals surface area contributed by atoms with Crippen molar-refractivity contribution in [2.24, 2.45) is 0 Å². The van der Waals surface area contributed by atoms with Gasteiger partial charge < -0.3 is 10.1 Å². The Kier molecular flexibility index (Phi) is 6.87. The number of aromatic nitrogens is 1. The summed E-state index contributed by atoms with van der Waals surface area (Å²) in [7, 11) is -0.469. The van der Waals surface area contributed by atoms with Crippen molar-refractivity contribution in [3.8, 4) is 0 Å². The van der Waals surface area contributed by atoms with Crippen molar-refractivity contribution in [3.63, 3.8) is 0 Å². The Balaban J connectivity index is 3.06. The van der Waals surface area contributed by atoms with E-state index in [1.54, 1.807) is 20.4 Å². The zero-order chi connectivity index (χ0) is 15.2. The summed E-state index contributed by atoms with van der Waals surface area (Å²) in [5.41, 5.74) is 0. The summed E-state index contributed by atoms with van der Waals surface area (Å²) in [5, 5.41) is 2.78. The lowest BCUT2D eigenvalue weighted by atomic mass is 10.2. The van der Waals surface area contributed by atoms with E-state index in [0.29, 0.717) is 23.3 Å². The number of pyridine rings is 1. The van der Waals surface area contributed by atoms with Crippen LogP contribution in [0.25, 0.3) is 0 Å². The molecule has 8 heteroatoms. The average Bonchev–Trinajstić information content (AvgIpc) is 2.39. The summed E-state index contributed by atoms with van der Waals surface area (Å²) in [6, 6.07) is 1.27. The van der Waals surface area contributed by atoms with Gasteiger partial charge in [-0.05, 0) is 28.4 Å². The molecule has 20 heavy (non-hydrogen) atoms. The van der Waals surface area contributed by atoms with Crippen molar-refractivity contribution in [3.05, 3.63) is 16.7 Å². The first-order valence-electron chi connectivity index (χ1n) is 6.29. The van der Waals surface area contributed by atoms with Gasteiger partial charge in [-0.1, -0.05) is 13.3 Å². The van der Waals surface area contributed by atoms with Crippen molar-refractivity contribution < 1.29 is 13.2 Å². The molecule has 1 unspecified atom stereocenters. The van der Waals surface area contributed by atoms with Gasteiger partial charge in [-0.3, -0.25) is 0 Å². The molecule has 0 radical (unpaired) electrons. The van der Waals surface area contributed by atoms with E-state index in [-0.39, 0.29) is 10.9 Å². The number of hydrogen-bond donors (Lipinski definition) is 2. The number of halogens is 1. The van der Waals surface area contributed by atoms with E-state index in [9.17, 15) is 8.42 Å². The number of nitrogens with zero attached hydrogens (tertiary/aromatic N) is 1. The van der Waals surface area contributed by atoms with Crippen LogP contribution in [0.4, 0.5) is 5.82 Å². The lowest BCUT2D eigenvalue weighted by molar-refractivity contribution is 0.171. The second kappa shape index (κ2) is 7.92. The number of hydrogen-bond acceptors (Lipinski definition) is 5. The van der Waals surface area contributed by atoms with E-state index in [1.807, 2.05) is 6.92 Å². The van der Waals surface area contributed by atoms with Crippen LogP contribution in [0, 0.1) is 0 Å². The van der Waals surface area contributed by atoms with Crippen LogP contribution in [0.2, 0.25) is 0 Å². The highest BCUT2D eigenvalue weighted by Crippen LogP contribution is 2.22. The summed E-state index contributed by atoms with van der Waals surface area (Å²) < 4.78 is 33.2. The molecule has 0 saturated carbocycles. The summed E-state index contributed by atoms with van der Waals surface area (Å²) in [4.78, 5) is 4.17. The van der Waals surface area contributed by atoms with Gasteiger partial charge in [0.05, 0.1) is 6.61 Å². The number of methoxy groups -OCH3 is 1. The monoisotopic (exact) mass is 365 g/mol. The zero-order valence-electron chi connectivity index (χ0n) is 11.8. The molecule has 0 aliphatic carbocycles. The standard InChI is InChI=1S/C12H20BrN3O3S/c1-4-5-10(8-19-3)16-20(17,18)11-6-9(13)7-15-12(11)14-2/h6-7,10,16H,4-5,8H2,1-3H3,(H,14,15). The van der Waals surface area contributed by atoms with E-state index in [4.69, 9.17) is 4.74 Å². The van der Waals surface area contributed by atoms with E-state index >= 15 is 0 Å². The molecule has 0 spiro atoms. The maximum Gasteiger partial charge on any atom is 0.244 e. The van der Waals surface area contributed by atoms with E-state index < -0.39 is 10.0 Å². The molecule has 1 aromatic rings. The fourth-order valence-electron chi connectivity index (χ4n) is 1.82. The molecule has 1 atom stereocenters.